The summed E-state index contributed by atoms with van der Waals surface area (Å²) in [5, 5.41) is 29.3. The molecule has 0 aliphatic heterocycles. The fraction of sp³-hybridized carbons (Fsp3) is 0.457. The van der Waals surface area contributed by atoms with Crippen LogP contribution in [0.2, 0.25) is 0 Å². The molecule has 0 amide bonds. The number of carbonyl (C=O) groups is 2. The van der Waals surface area contributed by atoms with E-state index in [0.29, 0.717) is 30.3 Å². The van der Waals surface area contributed by atoms with Gasteiger partial charge in [-0.1, -0.05) is 81.4 Å². The van der Waals surface area contributed by atoms with Crippen LogP contribution in [0.15, 0.2) is 76.8 Å². The predicted octanol–water partition coefficient (Wildman–Crippen LogP) is 7.17. The van der Waals surface area contributed by atoms with Gasteiger partial charge < -0.3 is 29.1 Å². The Balaban J connectivity index is 1.24. The zero-order valence-electron chi connectivity index (χ0n) is 34.0. The van der Waals surface area contributed by atoms with Gasteiger partial charge in [0.15, 0.2) is 11.4 Å². The third-order valence-corrected chi connectivity index (χ3v) is 11.9. The van der Waals surface area contributed by atoms with Crippen molar-refractivity contribution in [1.29, 1.82) is 0 Å². The number of nitrogens with zero attached hydrogens (tertiary/aromatic N) is 4. The van der Waals surface area contributed by atoms with Crippen LogP contribution in [0.1, 0.15) is 90.0 Å². The Bertz CT molecular complexity index is 2200. The zero-order valence-corrected chi connectivity index (χ0v) is 34.0. The first-order valence-electron chi connectivity index (χ1n) is 20.0. The number of rotatable bonds is 12. The smallest absolute Gasteiger partial charge is 0.265 e. The summed E-state index contributed by atoms with van der Waals surface area (Å²) in [5.74, 6) is -2.62. The number of aromatic nitrogens is 1. The molecule has 4 aliphatic carbocycles. The molecular weight excluding hydrogens is 721 g/mol. The van der Waals surface area contributed by atoms with Gasteiger partial charge in [0.2, 0.25) is 11.6 Å². The van der Waals surface area contributed by atoms with Gasteiger partial charge in [0.25, 0.3) is 5.88 Å². The maximum absolute atomic E-state index is 15.0. The first-order chi connectivity index (χ1) is 27.2. The molecule has 2 N–H and O–H groups in total. The lowest BCUT2D eigenvalue weighted by molar-refractivity contribution is -0.142. The van der Waals surface area contributed by atoms with Crippen molar-refractivity contribution in [3.8, 4) is 11.6 Å². The highest BCUT2D eigenvalue weighted by atomic mass is 16.5. The Hall–Kier alpha value is -4.97. The van der Waals surface area contributed by atoms with Crippen molar-refractivity contribution in [2.75, 3.05) is 39.6 Å². The SMILES string of the molecule is CN(C)c1c(CN(CC(C)(C)C)C2CC2)cc(OCc2ccccc2)c2c1C[C@H]1C[C@H]3[C@H](N(C)C)c4onc(OCc5ccccc5)c4C(=O)[C@@]3(O)C(=O)C1=C2O. The topological polar surface area (TPSA) is 129 Å². The first kappa shape index (κ1) is 38.9. The number of carbonyl (C=O) groups excluding carboxylic acids is 2. The molecule has 4 atom stereocenters. The lowest BCUT2D eigenvalue weighted by Crippen LogP contribution is -2.63. The van der Waals surface area contributed by atoms with E-state index in [-0.39, 0.29) is 53.6 Å². The summed E-state index contributed by atoms with van der Waals surface area (Å²) in [6, 6.07) is 21.1. The Kier molecular flexibility index (Phi) is 10.1. The van der Waals surface area contributed by atoms with Gasteiger partial charge >= 0.3 is 0 Å². The summed E-state index contributed by atoms with van der Waals surface area (Å²) < 4.78 is 18.5. The maximum atomic E-state index is 15.0. The standard InChI is InChI=1S/C46H54N4O7/c1-45(2,3)26-50(31-18-19-31)23-30-22-34(55-24-27-14-10-8-11-15-27)36-32(38(30)48(4)5)20-29-21-33-39(49(6)7)41-37(43(53)46(33,54)42(52)35(29)40(36)51)44(47-57-41)56-25-28-16-12-9-13-17-28/h8-17,22,29,31,33,39,51,54H,18-21,23-26H2,1-7H3/t29-,33-,39-,46-/m0/s1. The highest BCUT2D eigenvalue weighted by Crippen LogP contribution is 2.57. The van der Waals surface area contributed by atoms with E-state index in [1.807, 2.05) is 99.8 Å². The van der Waals surface area contributed by atoms with Crippen molar-refractivity contribution >= 4 is 23.0 Å². The van der Waals surface area contributed by atoms with Crippen LogP contribution in [0.5, 0.6) is 11.6 Å². The number of hydrogen-bond acceptors (Lipinski definition) is 11. The number of aliphatic hydroxyl groups is 2. The molecule has 8 rings (SSSR count). The van der Waals surface area contributed by atoms with Crippen molar-refractivity contribution in [2.45, 2.75) is 83.9 Å². The molecule has 4 aromatic rings. The Morgan fingerprint density at radius 2 is 1.53 bits per heavy atom. The van der Waals surface area contributed by atoms with Crippen molar-refractivity contribution in [2.24, 2.45) is 17.3 Å². The number of benzene rings is 3. The number of Topliss-reactive ketones (excluding diaryl/α,β-unsaturated/α-hetero) is 2. The average Bonchev–Trinajstić information content (AvgIpc) is 3.94. The van der Waals surface area contributed by atoms with E-state index in [4.69, 9.17) is 14.0 Å². The van der Waals surface area contributed by atoms with Crippen LogP contribution in [0, 0.1) is 17.3 Å². The van der Waals surface area contributed by atoms with Gasteiger partial charge in [0, 0.05) is 50.4 Å². The summed E-state index contributed by atoms with van der Waals surface area (Å²) in [7, 11) is 7.69. The Morgan fingerprint density at radius 1 is 0.895 bits per heavy atom. The number of anilines is 1. The van der Waals surface area contributed by atoms with E-state index in [1.165, 1.54) is 0 Å². The number of ether oxygens (including phenoxy) is 2. The molecular formula is C46H54N4O7. The van der Waals surface area contributed by atoms with Crippen LogP contribution in [0.25, 0.3) is 5.76 Å². The summed E-state index contributed by atoms with van der Waals surface area (Å²) >= 11 is 0. The van der Waals surface area contributed by atoms with Crippen molar-refractivity contribution in [3.63, 3.8) is 0 Å². The van der Waals surface area contributed by atoms with E-state index < -0.39 is 35.0 Å². The summed E-state index contributed by atoms with van der Waals surface area (Å²) in [6.45, 7) is 8.78. The predicted molar refractivity (Wildman–Crippen MR) is 217 cm³/mol. The van der Waals surface area contributed by atoms with Gasteiger partial charge in [-0.05, 0) is 84.6 Å². The summed E-state index contributed by atoms with van der Waals surface area (Å²) in [6.07, 6.45) is 2.97. The summed E-state index contributed by atoms with van der Waals surface area (Å²) in [5.41, 5.74) is 2.79. The minimum Gasteiger partial charge on any atom is -0.507 e. The molecule has 4 aliphatic rings. The van der Waals surface area contributed by atoms with Crippen LogP contribution in [0.3, 0.4) is 0 Å². The molecule has 57 heavy (non-hydrogen) atoms. The van der Waals surface area contributed by atoms with Crippen LogP contribution in [0.4, 0.5) is 5.69 Å². The van der Waals surface area contributed by atoms with E-state index in [2.05, 4.69) is 35.7 Å². The monoisotopic (exact) mass is 774 g/mol. The fourth-order valence-corrected chi connectivity index (χ4v) is 9.47. The van der Waals surface area contributed by atoms with Crippen LogP contribution >= 0.6 is 0 Å². The van der Waals surface area contributed by atoms with Crippen molar-refractivity contribution < 1.29 is 33.8 Å². The minimum atomic E-state index is -2.50. The molecule has 0 radical (unpaired) electrons. The molecule has 0 saturated heterocycles. The molecule has 11 heteroatoms. The molecule has 0 spiro atoms. The number of fused-ring (bicyclic) bond motifs is 4. The first-order valence-corrected chi connectivity index (χ1v) is 20.0. The van der Waals surface area contributed by atoms with Crippen LogP contribution < -0.4 is 14.4 Å². The van der Waals surface area contributed by atoms with E-state index in [1.54, 1.807) is 0 Å². The lowest BCUT2D eigenvalue weighted by Gasteiger charge is -2.49. The highest BCUT2D eigenvalue weighted by Gasteiger charge is 2.65. The van der Waals surface area contributed by atoms with Gasteiger partial charge in [-0.25, -0.2) is 0 Å². The Labute approximate surface area is 334 Å². The van der Waals surface area contributed by atoms with Gasteiger partial charge in [-0.15, -0.1) is 0 Å². The van der Waals surface area contributed by atoms with Crippen molar-refractivity contribution in [1.82, 2.24) is 15.0 Å². The van der Waals surface area contributed by atoms with Gasteiger partial charge in [-0.2, -0.15) is 0 Å². The normalized spacial score (nSPS) is 22.9. The van der Waals surface area contributed by atoms with Gasteiger partial charge in [0.05, 0.1) is 11.6 Å². The Morgan fingerprint density at radius 3 is 2.11 bits per heavy atom. The molecule has 1 aromatic heterocycles. The lowest BCUT2D eigenvalue weighted by atomic mass is 9.57. The number of aliphatic hydroxyl groups excluding tert-OH is 1. The van der Waals surface area contributed by atoms with E-state index in [9.17, 15) is 15.0 Å². The molecule has 300 valence electrons. The minimum absolute atomic E-state index is 0.0478. The van der Waals surface area contributed by atoms with Crippen molar-refractivity contribution in [3.05, 3.63) is 111 Å². The molecule has 2 saturated carbocycles. The zero-order chi connectivity index (χ0) is 40.4. The second kappa shape index (κ2) is 14.8. The molecule has 1 heterocycles. The molecule has 3 aromatic carbocycles. The second-order valence-corrected chi connectivity index (χ2v) is 17.9. The van der Waals surface area contributed by atoms with Crippen LogP contribution in [-0.2, 0) is 31.0 Å². The second-order valence-electron chi connectivity index (χ2n) is 17.9. The quantitative estimate of drug-likeness (QED) is 0.142. The third-order valence-electron chi connectivity index (χ3n) is 11.9. The molecule has 11 nitrogen and oxygen atoms in total. The van der Waals surface area contributed by atoms with E-state index in [0.717, 1.165) is 47.3 Å². The maximum Gasteiger partial charge on any atom is 0.265 e. The number of hydrogen-bond donors (Lipinski definition) is 2. The molecule has 0 unspecified atom stereocenters. The average molecular weight is 775 g/mol. The largest absolute Gasteiger partial charge is 0.507 e. The molecule has 2 fully saturated rings. The molecule has 0 bridgehead atoms. The third kappa shape index (κ3) is 7.04. The van der Waals surface area contributed by atoms with E-state index >= 15 is 4.79 Å². The van der Waals surface area contributed by atoms with Gasteiger partial charge in [-0.3, -0.25) is 19.4 Å². The summed E-state index contributed by atoms with van der Waals surface area (Å²) in [4.78, 5) is 36.2. The fourth-order valence-electron chi connectivity index (χ4n) is 9.47. The van der Waals surface area contributed by atoms with Gasteiger partial charge in [0.1, 0.15) is 30.3 Å². The van der Waals surface area contributed by atoms with Crippen LogP contribution in [-0.4, -0.2) is 83.1 Å². The number of ketones is 2. The highest BCUT2D eigenvalue weighted by molar-refractivity contribution is 6.26.